The molecule has 1 unspecified atom stereocenters. The lowest BCUT2D eigenvalue weighted by Gasteiger charge is -2.11. The molecule has 0 N–H and O–H groups in total. The lowest BCUT2D eigenvalue weighted by atomic mass is 9.89. The fraction of sp³-hybridized carbons (Fsp3) is 0.176. The molecule has 2 rings (SSSR count). The molecule has 0 aromatic heterocycles. The molecule has 2 aromatic carbocycles. The van der Waals surface area contributed by atoms with Crippen molar-refractivity contribution < 1.29 is 4.79 Å². The van der Waals surface area contributed by atoms with Crippen molar-refractivity contribution in [3.63, 3.8) is 0 Å². The normalized spacial score (nSPS) is 11.6. The maximum atomic E-state index is 12.5. The van der Waals surface area contributed by atoms with Gasteiger partial charge in [0.2, 0.25) is 0 Å². The average molecular weight is 249 g/mol. The van der Waals surface area contributed by atoms with E-state index >= 15 is 0 Å². The van der Waals surface area contributed by atoms with Crippen molar-refractivity contribution in [2.75, 3.05) is 0 Å². The molecule has 0 radical (unpaired) electrons. The number of benzene rings is 2. The Hall–Kier alpha value is -2.40. The highest BCUT2D eigenvalue weighted by atomic mass is 16.1. The largest absolute Gasteiger partial charge is 0.292 e. The van der Waals surface area contributed by atoms with E-state index in [0.29, 0.717) is 5.56 Å². The van der Waals surface area contributed by atoms with E-state index in [1.807, 2.05) is 55.5 Å². The highest BCUT2D eigenvalue weighted by Gasteiger charge is 2.22. The smallest absolute Gasteiger partial charge is 0.184 e. The lowest BCUT2D eigenvalue weighted by molar-refractivity contribution is 0.0978. The molecule has 94 valence electrons. The third-order valence-electron chi connectivity index (χ3n) is 3.19. The molecule has 2 heteroatoms. The van der Waals surface area contributed by atoms with E-state index in [0.717, 1.165) is 17.5 Å². The predicted molar refractivity (Wildman–Crippen MR) is 74.9 cm³/mol. The standard InChI is InChI=1S/C17H15NO/c1-2-13-8-6-7-11-15(13)17(19)16(12-18)14-9-4-3-5-10-14/h3-11,16H,2H2,1H3. The van der Waals surface area contributed by atoms with Crippen LogP contribution >= 0.6 is 0 Å². The van der Waals surface area contributed by atoms with Crippen LogP contribution in [0.1, 0.15) is 34.3 Å². The average Bonchev–Trinajstić information content (AvgIpc) is 2.49. The number of carbonyl (C=O) groups excluding carboxylic acids is 1. The summed E-state index contributed by atoms with van der Waals surface area (Å²) in [5.41, 5.74) is 2.39. The van der Waals surface area contributed by atoms with Gasteiger partial charge in [-0.3, -0.25) is 4.79 Å². The monoisotopic (exact) mass is 249 g/mol. The number of nitrogens with zero attached hydrogens (tertiary/aromatic N) is 1. The van der Waals surface area contributed by atoms with Crippen molar-refractivity contribution in [1.29, 1.82) is 5.26 Å². The fourth-order valence-corrected chi connectivity index (χ4v) is 2.15. The molecule has 0 spiro atoms. The van der Waals surface area contributed by atoms with Crippen LogP contribution in [0.4, 0.5) is 0 Å². The predicted octanol–water partition coefficient (Wildman–Crippen LogP) is 3.74. The van der Waals surface area contributed by atoms with Crippen LogP contribution in [0.5, 0.6) is 0 Å². The number of carbonyl (C=O) groups is 1. The van der Waals surface area contributed by atoms with Gasteiger partial charge in [-0.05, 0) is 17.5 Å². The third-order valence-corrected chi connectivity index (χ3v) is 3.19. The van der Waals surface area contributed by atoms with Crippen LogP contribution in [0.2, 0.25) is 0 Å². The van der Waals surface area contributed by atoms with Crippen molar-refractivity contribution in [3.05, 3.63) is 71.3 Å². The first-order chi connectivity index (χ1) is 9.27. The van der Waals surface area contributed by atoms with E-state index in [-0.39, 0.29) is 5.78 Å². The Morgan fingerprint density at radius 3 is 2.37 bits per heavy atom. The van der Waals surface area contributed by atoms with Gasteiger partial charge in [-0.15, -0.1) is 0 Å². The van der Waals surface area contributed by atoms with Crippen molar-refractivity contribution >= 4 is 5.78 Å². The number of aryl methyl sites for hydroxylation is 1. The first-order valence-corrected chi connectivity index (χ1v) is 6.34. The van der Waals surface area contributed by atoms with Crippen LogP contribution < -0.4 is 0 Å². The first kappa shape index (κ1) is 13.0. The highest BCUT2D eigenvalue weighted by molar-refractivity contribution is 6.03. The molecule has 0 amide bonds. The highest BCUT2D eigenvalue weighted by Crippen LogP contribution is 2.22. The van der Waals surface area contributed by atoms with Gasteiger partial charge in [0.25, 0.3) is 0 Å². The molecule has 0 bridgehead atoms. The molecule has 2 nitrogen and oxygen atoms in total. The molecular weight excluding hydrogens is 234 g/mol. The Morgan fingerprint density at radius 2 is 1.74 bits per heavy atom. The molecule has 0 fully saturated rings. The summed E-state index contributed by atoms with van der Waals surface area (Å²) in [4.78, 5) is 12.5. The van der Waals surface area contributed by atoms with E-state index in [9.17, 15) is 10.1 Å². The second kappa shape index (κ2) is 5.97. The Bertz CT molecular complexity index is 611. The maximum Gasteiger partial charge on any atom is 0.184 e. The second-order valence-corrected chi connectivity index (χ2v) is 4.35. The van der Waals surface area contributed by atoms with Gasteiger partial charge in [-0.1, -0.05) is 61.5 Å². The fourth-order valence-electron chi connectivity index (χ4n) is 2.15. The van der Waals surface area contributed by atoms with Crippen LogP contribution in [0.15, 0.2) is 54.6 Å². The summed E-state index contributed by atoms with van der Waals surface area (Å²) >= 11 is 0. The molecule has 0 saturated heterocycles. The Labute approximate surface area is 113 Å². The summed E-state index contributed by atoms with van der Waals surface area (Å²) < 4.78 is 0. The van der Waals surface area contributed by atoms with Gasteiger partial charge in [0, 0.05) is 5.56 Å². The van der Waals surface area contributed by atoms with Gasteiger partial charge in [0.05, 0.1) is 6.07 Å². The van der Waals surface area contributed by atoms with Crippen molar-refractivity contribution in [2.24, 2.45) is 0 Å². The molecule has 0 aliphatic heterocycles. The molecule has 0 aliphatic carbocycles. The van der Waals surface area contributed by atoms with E-state index < -0.39 is 5.92 Å². The zero-order valence-electron chi connectivity index (χ0n) is 10.8. The summed E-state index contributed by atoms with van der Waals surface area (Å²) in [6, 6.07) is 18.8. The molecule has 1 atom stereocenters. The van der Waals surface area contributed by atoms with Gasteiger partial charge in [-0.2, -0.15) is 5.26 Å². The van der Waals surface area contributed by atoms with Crippen molar-refractivity contribution in [2.45, 2.75) is 19.3 Å². The van der Waals surface area contributed by atoms with Crippen LogP contribution in [0.25, 0.3) is 0 Å². The molecule has 0 saturated carbocycles. The van der Waals surface area contributed by atoms with Crippen molar-refractivity contribution in [1.82, 2.24) is 0 Å². The van der Waals surface area contributed by atoms with Crippen molar-refractivity contribution in [3.8, 4) is 6.07 Å². The molecular formula is C17H15NO. The molecule has 19 heavy (non-hydrogen) atoms. The van der Waals surface area contributed by atoms with Crippen LogP contribution in [-0.2, 0) is 6.42 Å². The Morgan fingerprint density at radius 1 is 1.11 bits per heavy atom. The van der Waals surface area contributed by atoms with E-state index in [4.69, 9.17) is 0 Å². The molecule has 2 aromatic rings. The number of hydrogen-bond acceptors (Lipinski definition) is 2. The summed E-state index contributed by atoms with van der Waals surface area (Å²) in [7, 11) is 0. The number of nitriles is 1. The number of rotatable bonds is 4. The summed E-state index contributed by atoms with van der Waals surface area (Å²) in [5, 5.41) is 9.30. The number of ketones is 1. The summed E-state index contributed by atoms with van der Waals surface area (Å²) in [6.07, 6.45) is 0.787. The Kier molecular flexibility index (Phi) is 4.10. The van der Waals surface area contributed by atoms with Gasteiger partial charge in [0.15, 0.2) is 5.78 Å². The van der Waals surface area contributed by atoms with E-state index in [1.165, 1.54) is 0 Å². The number of Topliss-reactive ketones (excluding diaryl/α,β-unsaturated/α-hetero) is 1. The van der Waals surface area contributed by atoms with Crippen LogP contribution in [0.3, 0.4) is 0 Å². The van der Waals surface area contributed by atoms with Gasteiger partial charge >= 0.3 is 0 Å². The van der Waals surface area contributed by atoms with E-state index in [1.54, 1.807) is 6.07 Å². The minimum atomic E-state index is -0.728. The summed E-state index contributed by atoms with van der Waals surface area (Å²) in [6.45, 7) is 2.01. The first-order valence-electron chi connectivity index (χ1n) is 6.34. The lowest BCUT2D eigenvalue weighted by Crippen LogP contribution is -2.13. The minimum absolute atomic E-state index is 0.119. The van der Waals surface area contributed by atoms with Gasteiger partial charge in [0.1, 0.15) is 5.92 Å². The van der Waals surface area contributed by atoms with Gasteiger partial charge < -0.3 is 0 Å². The summed E-state index contributed by atoms with van der Waals surface area (Å²) in [5.74, 6) is -0.847. The zero-order chi connectivity index (χ0) is 13.7. The van der Waals surface area contributed by atoms with E-state index in [2.05, 4.69) is 6.07 Å². The molecule has 0 heterocycles. The topological polar surface area (TPSA) is 40.9 Å². The SMILES string of the molecule is CCc1ccccc1C(=O)C(C#N)c1ccccc1. The number of hydrogen-bond donors (Lipinski definition) is 0. The van der Waals surface area contributed by atoms with Gasteiger partial charge in [-0.25, -0.2) is 0 Å². The zero-order valence-corrected chi connectivity index (χ0v) is 10.8. The maximum absolute atomic E-state index is 12.5. The van der Waals surface area contributed by atoms with Crippen LogP contribution in [0, 0.1) is 11.3 Å². The minimum Gasteiger partial charge on any atom is -0.292 e. The third kappa shape index (κ3) is 2.71. The second-order valence-electron chi connectivity index (χ2n) is 4.35. The Balaban J connectivity index is 2.40. The van der Waals surface area contributed by atoms with Crippen LogP contribution in [-0.4, -0.2) is 5.78 Å². The molecule has 0 aliphatic rings. The quantitative estimate of drug-likeness (QED) is 0.774.